The zero-order valence-electron chi connectivity index (χ0n) is 9.62. The van der Waals surface area contributed by atoms with Crippen LogP contribution in [0, 0.1) is 0 Å². The van der Waals surface area contributed by atoms with Gasteiger partial charge in [0.15, 0.2) is 0 Å². The van der Waals surface area contributed by atoms with Gasteiger partial charge in [0, 0.05) is 18.6 Å². The average Bonchev–Trinajstić information content (AvgIpc) is 3.08. The van der Waals surface area contributed by atoms with Crippen molar-refractivity contribution in [2.24, 2.45) is 0 Å². The van der Waals surface area contributed by atoms with Gasteiger partial charge in [-0.1, -0.05) is 0 Å². The Hall–Kier alpha value is -0.810. The van der Waals surface area contributed by atoms with Crippen molar-refractivity contribution < 1.29 is 9.59 Å². The average molecular weight is 248 g/mol. The number of hydrogen-bond donors (Lipinski definition) is 2. The second kappa shape index (κ2) is 6.06. The number of carbonyl (C=O) groups excluding carboxylic acids is 2. The molecule has 1 unspecified atom stereocenters. The third-order valence-corrected chi connectivity index (χ3v) is 2.99. The van der Waals surface area contributed by atoms with Crippen LogP contribution in [0.4, 0.5) is 4.79 Å². The normalized spacial score (nSPS) is 17.0. The van der Waals surface area contributed by atoms with Crippen LogP contribution in [0.25, 0.3) is 0 Å². The molecular weight excluding hydrogens is 230 g/mol. The first-order valence-electron chi connectivity index (χ1n) is 5.40. The number of carbonyl (C=O) groups is 2. The molecule has 0 aromatic rings. The predicted octanol–water partition coefficient (Wildman–Crippen LogP) is 0.534. The molecule has 0 bridgehead atoms. The van der Waals surface area contributed by atoms with E-state index in [-0.39, 0.29) is 11.9 Å². The SMILES string of the molecule is CC(CNC(=O)NC(=O)CCl)N(C)C1CC1. The summed E-state index contributed by atoms with van der Waals surface area (Å²) in [6, 6.07) is 0.440. The van der Waals surface area contributed by atoms with E-state index in [0.717, 1.165) is 0 Å². The second-order valence-corrected chi connectivity index (χ2v) is 4.40. The summed E-state index contributed by atoms with van der Waals surface area (Å²) in [5.74, 6) is -0.687. The van der Waals surface area contributed by atoms with Crippen LogP contribution in [0.2, 0.25) is 0 Å². The zero-order valence-corrected chi connectivity index (χ0v) is 10.4. The molecule has 1 aliphatic carbocycles. The summed E-state index contributed by atoms with van der Waals surface area (Å²) in [6.07, 6.45) is 2.47. The molecule has 92 valence electrons. The van der Waals surface area contributed by atoms with E-state index in [4.69, 9.17) is 11.6 Å². The lowest BCUT2D eigenvalue weighted by Gasteiger charge is -2.24. The van der Waals surface area contributed by atoms with Gasteiger partial charge in [0.05, 0.1) is 0 Å². The zero-order chi connectivity index (χ0) is 12.1. The van der Waals surface area contributed by atoms with Crippen LogP contribution in [0.3, 0.4) is 0 Å². The van der Waals surface area contributed by atoms with Crippen LogP contribution >= 0.6 is 11.6 Å². The van der Waals surface area contributed by atoms with Crippen molar-refractivity contribution in [2.75, 3.05) is 19.5 Å². The number of imide groups is 1. The molecule has 5 nitrogen and oxygen atoms in total. The molecular formula is C10H18ClN3O2. The molecule has 0 aliphatic heterocycles. The smallest absolute Gasteiger partial charge is 0.321 e. The Morgan fingerprint density at radius 2 is 2.12 bits per heavy atom. The number of nitrogens with one attached hydrogen (secondary N) is 2. The fourth-order valence-electron chi connectivity index (χ4n) is 1.43. The quantitative estimate of drug-likeness (QED) is 0.697. The Balaban J connectivity index is 2.17. The summed E-state index contributed by atoms with van der Waals surface area (Å²) >= 11 is 5.26. The van der Waals surface area contributed by atoms with Crippen LogP contribution in [0.1, 0.15) is 19.8 Å². The van der Waals surface area contributed by atoms with Crippen LogP contribution in [-0.2, 0) is 4.79 Å². The first-order chi connectivity index (χ1) is 7.54. The minimum absolute atomic E-state index is 0.203. The number of likely N-dealkylation sites (N-methyl/N-ethyl adjacent to an activating group) is 1. The molecule has 1 saturated carbocycles. The first kappa shape index (κ1) is 13.3. The molecule has 0 radical (unpaired) electrons. The van der Waals surface area contributed by atoms with Gasteiger partial charge in [-0.05, 0) is 26.8 Å². The van der Waals surface area contributed by atoms with E-state index < -0.39 is 11.9 Å². The summed E-state index contributed by atoms with van der Waals surface area (Å²) in [6.45, 7) is 2.57. The van der Waals surface area contributed by atoms with Gasteiger partial charge in [-0.3, -0.25) is 15.0 Å². The highest BCUT2D eigenvalue weighted by Gasteiger charge is 2.29. The molecule has 1 aliphatic rings. The molecule has 3 amide bonds. The van der Waals surface area contributed by atoms with Gasteiger partial charge in [-0.25, -0.2) is 4.79 Å². The van der Waals surface area contributed by atoms with Gasteiger partial charge in [0.25, 0.3) is 0 Å². The van der Waals surface area contributed by atoms with E-state index >= 15 is 0 Å². The molecule has 0 aromatic heterocycles. The van der Waals surface area contributed by atoms with E-state index in [1.165, 1.54) is 12.8 Å². The van der Waals surface area contributed by atoms with Gasteiger partial charge < -0.3 is 5.32 Å². The predicted molar refractivity (Wildman–Crippen MR) is 62.5 cm³/mol. The largest absolute Gasteiger partial charge is 0.336 e. The maximum Gasteiger partial charge on any atom is 0.321 e. The highest BCUT2D eigenvalue weighted by Crippen LogP contribution is 2.26. The number of urea groups is 1. The molecule has 16 heavy (non-hydrogen) atoms. The third-order valence-electron chi connectivity index (χ3n) is 2.75. The fraction of sp³-hybridized carbons (Fsp3) is 0.800. The lowest BCUT2D eigenvalue weighted by atomic mass is 10.3. The Bertz CT molecular complexity index is 269. The van der Waals surface area contributed by atoms with Crippen LogP contribution < -0.4 is 10.6 Å². The standard InChI is InChI=1S/C10H18ClN3O2/c1-7(14(2)8-3-4-8)6-12-10(16)13-9(15)5-11/h7-8H,3-6H2,1-2H3,(H2,12,13,15,16). The van der Waals surface area contributed by atoms with E-state index in [9.17, 15) is 9.59 Å². The van der Waals surface area contributed by atoms with E-state index in [2.05, 4.69) is 15.5 Å². The lowest BCUT2D eigenvalue weighted by Crippen LogP contribution is -2.46. The Labute approximate surface area is 101 Å². The summed E-state index contributed by atoms with van der Waals surface area (Å²) in [5, 5.41) is 4.77. The summed E-state index contributed by atoms with van der Waals surface area (Å²) in [7, 11) is 2.05. The van der Waals surface area contributed by atoms with Crippen LogP contribution in [0.15, 0.2) is 0 Å². The maximum atomic E-state index is 11.2. The maximum absolute atomic E-state index is 11.2. The molecule has 0 saturated heterocycles. The van der Waals surface area contributed by atoms with Gasteiger partial charge in [-0.2, -0.15) is 0 Å². The van der Waals surface area contributed by atoms with Gasteiger partial charge >= 0.3 is 6.03 Å². The Morgan fingerprint density at radius 1 is 1.50 bits per heavy atom. The van der Waals surface area contributed by atoms with Gasteiger partial charge in [-0.15, -0.1) is 11.6 Å². The highest BCUT2D eigenvalue weighted by atomic mass is 35.5. The number of alkyl halides is 1. The van der Waals surface area contributed by atoms with Crippen LogP contribution in [0.5, 0.6) is 0 Å². The first-order valence-corrected chi connectivity index (χ1v) is 5.93. The van der Waals surface area contributed by atoms with Crippen LogP contribution in [-0.4, -0.2) is 48.4 Å². The number of amides is 3. The molecule has 1 atom stereocenters. The Kier molecular flexibility index (Phi) is 5.02. The monoisotopic (exact) mass is 247 g/mol. The van der Waals surface area contributed by atoms with Gasteiger partial charge in [0.2, 0.25) is 5.91 Å². The number of nitrogens with zero attached hydrogens (tertiary/aromatic N) is 1. The fourth-order valence-corrected chi connectivity index (χ4v) is 1.50. The minimum Gasteiger partial charge on any atom is -0.336 e. The van der Waals surface area contributed by atoms with Crippen molar-refractivity contribution in [3.63, 3.8) is 0 Å². The minimum atomic E-state index is -0.485. The molecule has 0 heterocycles. The van der Waals surface area contributed by atoms with Gasteiger partial charge in [0.1, 0.15) is 5.88 Å². The van der Waals surface area contributed by atoms with Crippen molar-refractivity contribution in [1.29, 1.82) is 0 Å². The topological polar surface area (TPSA) is 61.4 Å². The molecule has 1 rings (SSSR count). The molecule has 0 aromatic carbocycles. The molecule has 2 N–H and O–H groups in total. The van der Waals surface area contributed by atoms with E-state index in [1.807, 2.05) is 14.0 Å². The van der Waals surface area contributed by atoms with Crippen molar-refractivity contribution >= 4 is 23.5 Å². The van der Waals surface area contributed by atoms with Crippen molar-refractivity contribution in [3.05, 3.63) is 0 Å². The number of rotatable bonds is 5. The molecule has 6 heteroatoms. The third kappa shape index (κ3) is 4.37. The van der Waals surface area contributed by atoms with Crippen molar-refractivity contribution in [1.82, 2.24) is 15.5 Å². The number of hydrogen-bond acceptors (Lipinski definition) is 3. The summed E-state index contributed by atoms with van der Waals surface area (Å²) in [4.78, 5) is 24.2. The van der Waals surface area contributed by atoms with Crippen molar-refractivity contribution in [3.8, 4) is 0 Å². The summed E-state index contributed by atoms with van der Waals surface area (Å²) < 4.78 is 0. The van der Waals surface area contributed by atoms with E-state index in [0.29, 0.717) is 12.6 Å². The van der Waals surface area contributed by atoms with E-state index in [1.54, 1.807) is 0 Å². The second-order valence-electron chi connectivity index (χ2n) is 4.14. The summed E-state index contributed by atoms with van der Waals surface area (Å²) in [5.41, 5.74) is 0. The van der Waals surface area contributed by atoms with Crippen molar-refractivity contribution in [2.45, 2.75) is 31.8 Å². The number of halogens is 1. The Morgan fingerprint density at radius 3 is 2.62 bits per heavy atom. The highest BCUT2D eigenvalue weighted by molar-refractivity contribution is 6.28. The molecule has 0 spiro atoms. The molecule has 1 fully saturated rings. The lowest BCUT2D eigenvalue weighted by molar-refractivity contribution is -0.117.